The molecule has 1 aromatic heterocycles. The van der Waals surface area contributed by atoms with Gasteiger partial charge in [0.15, 0.2) is 0 Å². The van der Waals surface area contributed by atoms with E-state index in [-0.39, 0.29) is 23.4 Å². The van der Waals surface area contributed by atoms with E-state index in [9.17, 15) is 13.2 Å². The van der Waals surface area contributed by atoms with Gasteiger partial charge in [0.1, 0.15) is 11.4 Å². The summed E-state index contributed by atoms with van der Waals surface area (Å²) < 4.78 is 30.4. The number of nitrogens with one attached hydrogen (secondary N) is 1. The molecule has 1 saturated carbocycles. The molecule has 0 radical (unpaired) electrons. The number of hydrogen-bond donors (Lipinski definition) is 1. The zero-order chi connectivity index (χ0) is 23.6. The third-order valence-corrected chi connectivity index (χ3v) is 8.61. The molecule has 0 spiro atoms. The van der Waals surface area contributed by atoms with Crippen molar-refractivity contribution in [1.29, 1.82) is 0 Å². The molecule has 1 aromatic carbocycles. The number of rotatable bonds is 7. The van der Waals surface area contributed by atoms with Crippen molar-refractivity contribution < 1.29 is 13.2 Å². The van der Waals surface area contributed by atoms with Gasteiger partial charge < -0.3 is 5.32 Å². The van der Waals surface area contributed by atoms with Gasteiger partial charge in [-0.15, -0.1) is 0 Å². The molecule has 176 valence electrons. The zero-order valence-corrected chi connectivity index (χ0v) is 20.9. The highest BCUT2D eigenvalue weighted by Crippen LogP contribution is 2.29. The molecule has 2 aromatic rings. The number of nitrogens with zero attached hydrogens (tertiary/aromatic N) is 3. The van der Waals surface area contributed by atoms with E-state index in [0.717, 1.165) is 24.8 Å². The highest BCUT2D eigenvalue weighted by Gasteiger charge is 2.33. The van der Waals surface area contributed by atoms with E-state index in [0.29, 0.717) is 28.9 Å². The summed E-state index contributed by atoms with van der Waals surface area (Å²) in [4.78, 5) is 13.2. The Morgan fingerprint density at radius 1 is 1.19 bits per heavy atom. The Hall–Kier alpha value is -2.35. The topological polar surface area (TPSA) is 84.3 Å². The molecule has 0 unspecified atom stereocenters. The van der Waals surface area contributed by atoms with Crippen LogP contribution in [0.15, 0.2) is 29.2 Å². The summed E-state index contributed by atoms with van der Waals surface area (Å²) >= 11 is 0. The highest BCUT2D eigenvalue weighted by atomic mass is 32.2. The number of hydrogen-bond acceptors (Lipinski definition) is 4. The van der Waals surface area contributed by atoms with Gasteiger partial charge >= 0.3 is 0 Å². The minimum Gasteiger partial charge on any atom is -0.352 e. The molecular formula is C24H36N4O3S. The molecule has 1 N–H and O–H groups in total. The molecule has 2 atom stereocenters. The van der Waals surface area contributed by atoms with E-state index >= 15 is 0 Å². The molecule has 3 rings (SSSR count). The van der Waals surface area contributed by atoms with Crippen molar-refractivity contribution in [1.82, 2.24) is 15.1 Å². The smallest absolute Gasteiger partial charge is 0.268 e. The highest BCUT2D eigenvalue weighted by molar-refractivity contribution is 7.93. The van der Waals surface area contributed by atoms with Crippen LogP contribution >= 0.6 is 0 Å². The van der Waals surface area contributed by atoms with Gasteiger partial charge in [0.2, 0.25) is 5.91 Å². The summed E-state index contributed by atoms with van der Waals surface area (Å²) in [5.74, 6) is 0.443. The largest absolute Gasteiger partial charge is 0.352 e. The average Bonchev–Trinajstić information content (AvgIpc) is 3.00. The van der Waals surface area contributed by atoms with Crippen molar-refractivity contribution in [3.8, 4) is 0 Å². The van der Waals surface area contributed by atoms with Crippen LogP contribution in [-0.2, 0) is 21.9 Å². The molecule has 0 aliphatic heterocycles. The third-order valence-electron chi connectivity index (χ3n) is 6.58. The van der Waals surface area contributed by atoms with Gasteiger partial charge in [-0.1, -0.05) is 45.7 Å². The van der Waals surface area contributed by atoms with Gasteiger partial charge in [-0.3, -0.25) is 13.8 Å². The monoisotopic (exact) mass is 460 g/mol. The van der Waals surface area contributed by atoms with Gasteiger partial charge in [-0.25, -0.2) is 8.42 Å². The first-order chi connectivity index (χ1) is 15.0. The normalized spacial score (nSPS) is 19.2. The fourth-order valence-electron chi connectivity index (χ4n) is 4.49. The molecule has 1 aliphatic rings. The molecule has 0 saturated heterocycles. The van der Waals surface area contributed by atoms with E-state index in [1.165, 1.54) is 10.7 Å². The lowest BCUT2D eigenvalue weighted by molar-refractivity contribution is -0.120. The van der Waals surface area contributed by atoms with Crippen molar-refractivity contribution in [3.05, 3.63) is 41.2 Å². The first kappa shape index (κ1) is 24.3. The lowest BCUT2D eigenvalue weighted by Gasteiger charge is -2.31. The Balaban J connectivity index is 1.96. The predicted molar refractivity (Wildman–Crippen MR) is 127 cm³/mol. The number of sulfonamides is 1. The minimum absolute atomic E-state index is 0.0889. The van der Waals surface area contributed by atoms with Crippen LogP contribution in [0, 0.1) is 19.8 Å². The maximum absolute atomic E-state index is 13.8. The average molecular weight is 461 g/mol. The van der Waals surface area contributed by atoms with E-state index < -0.39 is 10.0 Å². The molecule has 0 bridgehead atoms. The first-order valence-corrected chi connectivity index (χ1v) is 12.9. The molecular weight excluding hydrogens is 424 g/mol. The van der Waals surface area contributed by atoms with Crippen molar-refractivity contribution >= 4 is 21.6 Å². The molecule has 1 heterocycles. The Morgan fingerprint density at radius 3 is 2.34 bits per heavy atom. The summed E-state index contributed by atoms with van der Waals surface area (Å²) in [6, 6.07) is 7.50. The minimum atomic E-state index is -3.99. The summed E-state index contributed by atoms with van der Waals surface area (Å²) in [6.45, 7) is 9.47. The van der Waals surface area contributed by atoms with Gasteiger partial charge in [-0.2, -0.15) is 5.10 Å². The molecule has 32 heavy (non-hydrogen) atoms. The first-order valence-electron chi connectivity index (χ1n) is 11.4. The van der Waals surface area contributed by atoms with Crippen LogP contribution in [0.5, 0.6) is 0 Å². The van der Waals surface area contributed by atoms with Crippen molar-refractivity contribution in [3.63, 3.8) is 0 Å². The Labute approximate surface area is 192 Å². The Bertz CT molecular complexity index is 1060. The SMILES string of the molecule is Cc1nn(C)c(C)c1S(=O)(=O)N(CC(=O)N[C@@H]1CCCC[C@@H]1C)c1ccc(C(C)C)cc1. The second-order valence-corrected chi connectivity index (χ2v) is 11.1. The summed E-state index contributed by atoms with van der Waals surface area (Å²) in [5.41, 5.74) is 2.56. The summed E-state index contributed by atoms with van der Waals surface area (Å²) in [7, 11) is -2.27. The van der Waals surface area contributed by atoms with Gasteiger partial charge in [0, 0.05) is 13.1 Å². The lowest BCUT2D eigenvalue weighted by Crippen LogP contribution is -2.47. The van der Waals surface area contributed by atoms with Crippen molar-refractivity contribution in [2.24, 2.45) is 13.0 Å². The van der Waals surface area contributed by atoms with Crippen LogP contribution in [0.3, 0.4) is 0 Å². The molecule has 1 amide bonds. The second kappa shape index (κ2) is 9.65. The number of benzene rings is 1. The van der Waals surface area contributed by atoms with Crippen LogP contribution in [0.1, 0.15) is 69.3 Å². The number of aryl methyl sites for hydroxylation is 2. The zero-order valence-electron chi connectivity index (χ0n) is 20.1. The van der Waals surface area contributed by atoms with Crippen molar-refractivity contribution in [2.75, 3.05) is 10.8 Å². The maximum atomic E-state index is 13.8. The van der Waals surface area contributed by atoms with E-state index in [1.54, 1.807) is 37.7 Å². The van der Waals surface area contributed by atoms with E-state index in [1.807, 2.05) is 12.1 Å². The predicted octanol–water partition coefficient (Wildman–Crippen LogP) is 4.05. The quantitative estimate of drug-likeness (QED) is 0.676. The number of anilines is 1. The second-order valence-electron chi connectivity index (χ2n) is 9.32. The van der Waals surface area contributed by atoms with Gasteiger partial charge in [-0.05, 0) is 56.2 Å². The van der Waals surface area contributed by atoms with Gasteiger partial charge in [0.05, 0.1) is 17.1 Å². The van der Waals surface area contributed by atoms with Crippen LogP contribution in [0.25, 0.3) is 0 Å². The summed E-state index contributed by atoms with van der Waals surface area (Å²) in [5, 5.41) is 7.37. The van der Waals surface area contributed by atoms with Crippen molar-refractivity contribution in [2.45, 2.75) is 77.2 Å². The number of carbonyl (C=O) groups excluding carboxylic acids is 1. The Morgan fingerprint density at radius 2 is 1.81 bits per heavy atom. The van der Waals surface area contributed by atoms with Crippen LogP contribution in [0.2, 0.25) is 0 Å². The number of carbonyl (C=O) groups is 1. The molecule has 1 aliphatic carbocycles. The number of aromatic nitrogens is 2. The lowest BCUT2D eigenvalue weighted by atomic mass is 9.86. The molecule has 8 heteroatoms. The fourth-order valence-corrected chi connectivity index (χ4v) is 6.32. The maximum Gasteiger partial charge on any atom is 0.268 e. The van der Waals surface area contributed by atoms with Crippen LogP contribution in [0.4, 0.5) is 5.69 Å². The third kappa shape index (κ3) is 5.00. The standard InChI is InChI=1S/C24H36N4O3S/c1-16(2)20-11-13-21(14-12-20)28(15-23(29)25-22-10-8-7-9-17(22)3)32(30,31)24-18(4)26-27(6)19(24)5/h11-14,16-17,22H,7-10,15H2,1-6H3,(H,25,29)/t17-,22+/m0/s1. The molecule has 1 fully saturated rings. The van der Waals surface area contributed by atoms with Gasteiger partial charge in [0.25, 0.3) is 10.0 Å². The number of amides is 1. The van der Waals surface area contributed by atoms with E-state index in [2.05, 4.69) is 31.2 Å². The molecule has 7 nitrogen and oxygen atoms in total. The fraction of sp³-hybridized carbons (Fsp3) is 0.583. The summed E-state index contributed by atoms with van der Waals surface area (Å²) in [6.07, 6.45) is 4.28. The van der Waals surface area contributed by atoms with Crippen LogP contribution in [-0.4, -0.2) is 36.7 Å². The Kier molecular flexibility index (Phi) is 7.32. The van der Waals surface area contributed by atoms with Crippen LogP contribution < -0.4 is 9.62 Å². The van der Waals surface area contributed by atoms with E-state index in [4.69, 9.17) is 0 Å².